The molecule has 14 heavy (non-hydrogen) atoms. The molecule has 0 amide bonds. The Hall–Kier alpha value is -0.560. The molecule has 0 bridgehead atoms. The summed E-state index contributed by atoms with van der Waals surface area (Å²) < 4.78 is 25.4. The molecule has 0 fully saturated rings. The molecular formula is C7H9ClN2O2S2. The number of thiophene rings is 1. The first-order chi connectivity index (χ1) is 6.42. The number of nitrogens with one attached hydrogen (secondary N) is 1. The number of sulfonamides is 1. The van der Waals surface area contributed by atoms with E-state index in [4.69, 9.17) is 17.3 Å². The molecule has 0 aliphatic carbocycles. The van der Waals surface area contributed by atoms with Gasteiger partial charge in [0.15, 0.2) is 0 Å². The van der Waals surface area contributed by atoms with E-state index in [0.717, 1.165) is 11.3 Å². The Kier molecular flexibility index (Phi) is 3.54. The summed E-state index contributed by atoms with van der Waals surface area (Å²) in [7, 11) is -3.49. The van der Waals surface area contributed by atoms with E-state index in [1.807, 2.05) is 0 Å². The van der Waals surface area contributed by atoms with Crippen molar-refractivity contribution >= 4 is 38.6 Å². The SMILES string of the molecule is C=C(Cl)CNS(=O)(=O)c1cc(N)cs1. The van der Waals surface area contributed by atoms with Gasteiger partial charge in [-0.25, -0.2) is 13.1 Å². The lowest BCUT2D eigenvalue weighted by Gasteiger charge is -2.01. The minimum absolute atomic E-state index is 0.0156. The van der Waals surface area contributed by atoms with Gasteiger partial charge in [-0.15, -0.1) is 11.3 Å². The molecule has 0 atom stereocenters. The first kappa shape index (κ1) is 11.5. The Morgan fingerprint density at radius 1 is 1.71 bits per heavy atom. The summed E-state index contributed by atoms with van der Waals surface area (Å²) in [5.74, 6) is 0. The van der Waals surface area contributed by atoms with Gasteiger partial charge in [-0.3, -0.25) is 0 Å². The smallest absolute Gasteiger partial charge is 0.250 e. The highest BCUT2D eigenvalue weighted by atomic mass is 35.5. The summed E-state index contributed by atoms with van der Waals surface area (Å²) in [6, 6.07) is 1.39. The molecule has 3 N–H and O–H groups in total. The fourth-order valence-corrected chi connectivity index (χ4v) is 3.01. The van der Waals surface area contributed by atoms with Gasteiger partial charge in [0.1, 0.15) is 4.21 Å². The fraction of sp³-hybridized carbons (Fsp3) is 0.143. The Morgan fingerprint density at radius 3 is 2.79 bits per heavy atom. The Morgan fingerprint density at radius 2 is 2.36 bits per heavy atom. The van der Waals surface area contributed by atoms with E-state index < -0.39 is 10.0 Å². The number of rotatable bonds is 4. The largest absolute Gasteiger partial charge is 0.398 e. The average Bonchev–Trinajstić information content (AvgIpc) is 2.49. The van der Waals surface area contributed by atoms with Crippen molar-refractivity contribution in [3.05, 3.63) is 23.1 Å². The molecule has 1 heterocycles. The van der Waals surface area contributed by atoms with E-state index >= 15 is 0 Å². The first-order valence-corrected chi connectivity index (χ1v) is 6.33. The molecule has 0 aliphatic heterocycles. The topological polar surface area (TPSA) is 72.2 Å². The van der Waals surface area contributed by atoms with Crippen LogP contribution in [0.3, 0.4) is 0 Å². The molecule has 1 rings (SSSR count). The second-order valence-electron chi connectivity index (χ2n) is 2.54. The van der Waals surface area contributed by atoms with E-state index in [1.54, 1.807) is 5.38 Å². The van der Waals surface area contributed by atoms with E-state index in [2.05, 4.69) is 11.3 Å². The van der Waals surface area contributed by atoms with Gasteiger partial charge in [0, 0.05) is 22.6 Å². The van der Waals surface area contributed by atoms with Crippen molar-refractivity contribution < 1.29 is 8.42 Å². The Bertz CT molecular complexity index is 438. The van der Waals surface area contributed by atoms with Crippen molar-refractivity contribution in [3.8, 4) is 0 Å². The standard InChI is InChI=1S/C7H9ClN2O2S2/c1-5(8)3-10-14(11,12)7-2-6(9)4-13-7/h2,4,10H,1,3,9H2. The lowest BCUT2D eigenvalue weighted by molar-refractivity contribution is 0.587. The molecular weight excluding hydrogens is 244 g/mol. The monoisotopic (exact) mass is 252 g/mol. The van der Waals surface area contributed by atoms with E-state index in [0.29, 0.717) is 5.69 Å². The predicted molar refractivity (Wildman–Crippen MR) is 58.9 cm³/mol. The molecule has 4 nitrogen and oxygen atoms in total. The van der Waals surface area contributed by atoms with Gasteiger partial charge in [-0.1, -0.05) is 18.2 Å². The van der Waals surface area contributed by atoms with Crippen LogP contribution in [0.1, 0.15) is 0 Å². The minimum Gasteiger partial charge on any atom is -0.398 e. The van der Waals surface area contributed by atoms with Crippen molar-refractivity contribution in [1.29, 1.82) is 0 Å². The Labute approximate surface area is 91.4 Å². The molecule has 1 aromatic rings. The third kappa shape index (κ3) is 2.98. The van der Waals surface area contributed by atoms with Gasteiger partial charge < -0.3 is 5.73 Å². The number of hydrogen-bond acceptors (Lipinski definition) is 4. The number of hydrogen-bond donors (Lipinski definition) is 2. The zero-order valence-electron chi connectivity index (χ0n) is 7.16. The van der Waals surface area contributed by atoms with Gasteiger partial charge in [-0.05, 0) is 6.07 Å². The molecule has 1 aromatic heterocycles. The van der Waals surface area contributed by atoms with Crippen LogP contribution in [-0.4, -0.2) is 15.0 Å². The van der Waals surface area contributed by atoms with Crippen molar-refractivity contribution in [1.82, 2.24) is 4.72 Å². The molecule has 0 saturated carbocycles. The number of nitrogen functional groups attached to an aromatic ring is 1. The number of nitrogens with two attached hydrogens (primary N) is 1. The van der Waals surface area contributed by atoms with Crippen LogP contribution in [0.4, 0.5) is 5.69 Å². The zero-order chi connectivity index (χ0) is 10.8. The van der Waals surface area contributed by atoms with Crippen LogP contribution in [0.15, 0.2) is 27.3 Å². The normalized spacial score (nSPS) is 11.5. The highest BCUT2D eigenvalue weighted by Crippen LogP contribution is 2.21. The second-order valence-corrected chi connectivity index (χ2v) is 5.98. The first-order valence-electron chi connectivity index (χ1n) is 3.59. The van der Waals surface area contributed by atoms with Crippen LogP contribution in [0.25, 0.3) is 0 Å². The van der Waals surface area contributed by atoms with Crippen LogP contribution in [0.2, 0.25) is 0 Å². The zero-order valence-corrected chi connectivity index (χ0v) is 9.55. The van der Waals surface area contributed by atoms with Crippen molar-refractivity contribution in [3.63, 3.8) is 0 Å². The average molecular weight is 253 g/mol. The van der Waals surface area contributed by atoms with Crippen molar-refractivity contribution in [2.45, 2.75) is 4.21 Å². The number of anilines is 1. The molecule has 0 radical (unpaired) electrons. The van der Waals surface area contributed by atoms with Gasteiger partial charge in [-0.2, -0.15) is 0 Å². The van der Waals surface area contributed by atoms with Gasteiger partial charge in [0.2, 0.25) is 10.0 Å². The van der Waals surface area contributed by atoms with Crippen LogP contribution in [-0.2, 0) is 10.0 Å². The van der Waals surface area contributed by atoms with Crippen molar-refractivity contribution in [2.24, 2.45) is 0 Å². The lowest BCUT2D eigenvalue weighted by atomic mass is 10.6. The maximum atomic E-state index is 11.5. The predicted octanol–water partition coefficient (Wildman–Crippen LogP) is 1.36. The molecule has 78 valence electrons. The van der Waals surface area contributed by atoms with Crippen LogP contribution in [0.5, 0.6) is 0 Å². The summed E-state index contributed by atoms with van der Waals surface area (Å²) >= 11 is 6.49. The molecule has 0 unspecified atom stereocenters. The lowest BCUT2D eigenvalue weighted by Crippen LogP contribution is -2.23. The van der Waals surface area contributed by atoms with Crippen LogP contribution < -0.4 is 10.5 Å². The molecule has 0 aliphatic rings. The molecule has 0 spiro atoms. The van der Waals surface area contributed by atoms with E-state index in [1.165, 1.54) is 6.07 Å². The molecule has 7 heteroatoms. The summed E-state index contributed by atoms with van der Waals surface area (Å²) in [6.45, 7) is 3.39. The third-order valence-corrected chi connectivity index (χ3v) is 4.31. The highest BCUT2D eigenvalue weighted by Gasteiger charge is 2.15. The number of halogens is 1. The minimum atomic E-state index is -3.49. The van der Waals surface area contributed by atoms with Crippen LogP contribution >= 0.6 is 22.9 Å². The van der Waals surface area contributed by atoms with Gasteiger partial charge in [0.25, 0.3) is 0 Å². The van der Waals surface area contributed by atoms with Gasteiger partial charge >= 0.3 is 0 Å². The quantitative estimate of drug-likeness (QED) is 0.850. The fourth-order valence-electron chi connectivity index (χ4n) is 0.716. The maximum Gasteiger partial charge on any atom is 0.250 e. The summed E-state index contributed by atoms with van der Waals surface area (Å²) in [6.07, 6.45) is 0. The van der Waals surface area contributed by atoms with Crippen LogP contribution in [0, 0.1) is 0 Å². The van der Waals surface area contributed by atoms with Crippen molar-refractivity contribution in [2.75, 3.05) is 12.3 Å². The Balaban J connectivity index is 2.81. The second kappa shape index (κ2) is 4.31. The van der Waals surface area contributed by atoms with E-state index in [9.17, 15) is 8.42 Å². The maximum absolute atomic E-state index is 11.5. The summed E-state index contributed by atoms with van der Waals surface area (Å²) in [5.41, 5.74) is 5.84. The molecule has 0 saturated heterocycles. The van der Waals surface area contributed by atoms with Gasteiger partial charge in [0.05, 0.1) is 0 Å². The van der Waals surface area contributed by atoms with E-state index in [-0.39, 0.29) is 15.8 Å². The summed E-state index contributed by atoms with van der Waals surface area (Å²) in [4.78, 5) is 0. The summed E-state index contributed by atoms with van der Waals surface area (Å²) in [5, 5.41) is 1.79. The third-order valence-electron chi connectivity index (χ3n) is 1.31. The highest BCUT2D eigenvalue weighted by molar-refractivity contribution is 7.91. The molecule has 0 aromatic carbocycles.